The van der Waals surface area contributed by atoms with Gasteiger partial charge in [0.05, 0.1) is 22.2 Å². The maximum absolute atomic E-state index is 12.3. The van der Waals surface area contributed by atoms with Crippen molar-refractivity contribution in [2.75, 3.05) is 6.54 Å². The highest BCUT2D eigenvalue weighted by atomic mass is 32.2. The Morgan fingerprint density at radius 3 is 2.60 bits per heavy atom. The van der Waals surface area contributed by atoms with E-state index in [4.69, 9.17) is 5.26 Å². The van der Waals surface area contributed by atoms with Crippen molar-refractivity contribution >= 4 is 10.0 Å². The summed E-state index contributed by atoms with van der Waals surface area (Å²) in [5, 5.41) is 13.0. The summed E-state index contributed by atoms with van der Waals surface area (Å²) in [6.07, 6.45) is 4.14. The normalized spacial score (nSPS) is 11.2. The fourth-order valence-corrected chi connectivity index (χ4v) is 3.46. The molecule has 0 atom stereocenters. The summed E-state index contributed by atoms with van der Waals surface area (Å²) in [6.45, 7) is 0.278. The van der Waals surface area contributed by atoms with Crippen molar-refractivity contribution in [2.24, 2.45) is 0 Å². The Hall–Kier alpha value is -2.95. The van der Waals surface area contributed by atoms with Crippen LogP contribution in [0.5, 0.6) is 0 Å². The van der Waals surface area contributed by atoms with Crippen molar-refractivity contribution in [3.05, 3.63) is 78.1 Å². The molecule has 1 heterocycles. The average molecular weight is 352 g/mol. The predicted octanol–water partition coefficient (Wildman–Crippen LogP) is 2.26. The largest absolute Gasteiger partial charge is 0.241 e. The van der Waals surface area contributed by atoms with Gasteiger partial charge in [-0.2, -0.15) is 10.4 Å². The standard InChI is InChI=1S/C18H16N4O2S/c19-14-16-3-1-4-18(13-16)25(23,24)21-11-9-15-5-7-17(8-6-15)22-12-2-10-20-22/h1-8,10,12-13,21H,9,11H2. The van der Waals surface area contributed by atoms with Gasteiger partial charge in [0, 0.05) is 18.9 Å². The van der Waals surface area contributed by atoms with Gasteiger partial charge < -0.3 is 0 Å². The van der Waals surface area contributed by atoms with Gasteiger partial charge in [0.25, 0.3) is 0 Å². The zero-order valence-electron chi connectivity index (χ0n) is 13.3. The van der Waals surface area contributed by atoms with E-state index in [2.05, 4.69) is 9.82 Å². The zero-order chi connectivity index (χ0) is 17.7. The second-order valence-corrected chi connectivity index (χ2v) is 7.17. The second-order valence-electron chi connectivity index (χ2n) is 5.40. The van der Waals surface area contributed by atoms with Crippen molar-refractivity contribution in [1.82, 2.24) is 14.5 Å². The summed E-state index contributed by atoms with van der Waals surface area (Å²) in [4.78, 5) is 0.0978. The molecule has 2 aromatic carbocycles. The number of hydrogen-bond acceptors (Lipinski definition) is 4. The van der Waals surface area contributed by atoms with Crippen LogP contribution in [0.2, 0.25) is 0 Å². The topological polar surface area (TPSA) is 87.8 Å². The Morgan fingerprint density at radius 1 is 1.12 bits per heavy atom. The van der Waals surface area contributed by atoms with Crippen molar-refractivity contribution in [2.45, 2.75) is 11.3 Å². The van der Waals surface area contributed by atoms with Crippen LogP contribution in [-0.4, -0.2) is 24.7 Å². The molecular weight excluding hydrogens is 336 g/mol. The van der Waals surface area contributed by atoms with Crippen LogP contribution >= 0.6 is 0 Å². The van der Waals surface area contributed by atoms with Crippen molar-refractivity contribution in [1.29, 1.82) is 5.26 Å². The molecule has 3 rings (SSSR count). The Labute approximate surface area is 146 Å². The van der Waals surface area contributed by atoms with Gasteiger partial charge in [0.2, 0.25) is 10.0 Å². The quantitative estimate of drug-likeness (QED) is 0.737. The van der Waals surface area contributed by atoms with E-state index in [1.807, 2.05) is 42.6 Å². The molecule has 0 saturated heterocycles. The van der Waals surface area contributed by atoms with Gasteiger partial charge in [-0.3, -0.25) is 0 Å². The number of nitriles is 1. The van der Waals surface area contributed by atoms with Gasteiger partial charge >= 0.3 is 0 Å². The fourth-order valence-electron chi connectivity index (χ4n) is 2.38. The van der Waals surface area contributed by atoms with Gasteiger partial charge in [0.1, 0.15) is 0 Å². The lowest BCUT2D eigenvalue weighted by Gasteiger charge is -2.08. The molecule has 0 amide bonds. The van der Waals surface area contributed by atoms with E-state index >= 15 is 0 Å². The molecule has 0 spiro atoms. The molecule has 0 aliphatic carbocycles. The number of sulfonamides is 1. The molecule has 6 nitrogen and oxygen atoms in total. The minimum atomic E-state index is -3.62. The van der Waals surface area contributed by atoms with Crippen LogP contribution in [-0.2, 0) is 16.4 Å². The number of nitrogens with zero attached hydrogens (tertiary/aromatic N) is 3. The van der Waals surface area contributed by atoms with Crippen molar-refractivity contribution < 1.29 is 8.42 Å². The molecule has 0 fully saturated rings. The van der Waals surface area contributed by atoms with Crippen molar-refractivity contribution in [3.8, 4) is 11.8 Å². The number of aromatic nitrogens is 2. The Bertz CT molecular complexity index is 988. The van der Waals surface area contributed by atoms with Crippen LogP contribution in [0.4, 0.5) is 0 Å². The molecule has 1 N–H and O–H groups in total. The van der Waals surface area contributed by atoms with Gasteiger partial charge in [-0.05, 0) is 48.4 Å². The Kier molecular flexibility index (Phi) is 4.93. The highest BCUT2D eigenvalue weighted by molar-refractivity contribution is 7.89. The lowest BCUT2D eigenvalue weighted by atomic mass is 10.1. The van der Waals surface area contributed by atoms with E-state index in [-0.39, 0.29) is 11.4 Å². The third-order valence-corrected chi connectivity index (χ3v) is 5.14. The van der Waals surface area contributed by atoms with E-state index in [1.54, 1.807) is 23.0 Å². The highest BCUT2D eigenvalue weighted by Crippen LogP contribution is 2.12. The molecule has 1 aromatic heterocycles. The first-order valence-electron chi connectivity index (χ1n) is 7.67. The number of hydrogen-bond donors (Lipinski definition) is 1. The van der Waals surface area contributed by atoms with Gasteiger partial charge in [0.15, 0.2) is 0 Å². The van der Waals surface area contributed by atoms with Crippen LogP contribution in [0.15, 0.2) is 71.9 Å². The average Bonchev–Trinajstić information content (AvgIpc) is 3.17. The molecular formula is C18H16N4O2S. The van der Waals surface area contributed by atoms with E-state index < -0.39 is 10.0 Å². The van der Waals surface area contributed by atoms with E-state index in [1.165, 1.54) is 12.1 Å². The summed E-state index contributed by atoms with van der Waals surface area (Å²) in [7, 11) is -3.62. The molecule has 7 heteroatoms. The van der Waals surface area contributed by atoms with E-state index in [0.717, 1.165) is 11.3 Å². The number of rotatable bonds is 6. The molecule has 0 saturated carbocycles. The molecule has 25 heavy (non-hydrogen) atoms. The van der Waals surface area contributed by atoms with Crippen LogP contribution in [0.25, 0.3) is 5.69 Å². The molecule has 0 aliphatic heterocycles. The number of benzene rings is 2. The van der Waals surface area contributed by atoms with Crippen LogP contribution in [0.1, 0.15) is 11.1 Å². The van der Waals surface area contributed by atoms with Crippen LogP contribution < -0.4 is 4.72 Å². The summed E-state index contributed by atoms with van der Waals surface area (Å²) in [5.74, 6) is 0. The Balaban J connectivity index is 1.61. The van der Waals surface area contributed by atoms with Crippen LogP contribution in [0.3, 0.4) is 0 Å². The first-order valence-corrected chi connectivity index (χ1v) is 9.15. The minimum absolute atomic E-state index is 0.0978. The summed E-state index contributed by atoms with van der Waals surface area (Å²) in [5.41, 5.74) is 2.28. The maximum Gasteiger partial charge on any atom is 0.240 e. The third-order valence-electron chi connectivity index (χ3n) is 3.68. The molecule has 0 unspecified atom stereocenters. The lowest BCUT2D eigenvalue weighted by molar-refractivity contribution is 0.581. The molecule has 3 aromatic rings. The molecule has 0 radical (unpaired) electrons. The van der Waals surface area contributed by atoms with Gasteiger partial charge in [-0.25, -0.2) is 17.8 Å². The maximum atomic E-state index is 12.3. The Morgan fingerprint density at radius 2 is 1.92 bits per heavy atom. The van der Waals surface area contributed by atoms with Gasteiger partial charge in [-0.15, -0.1) is 0 Å². The minimum Gasteiger partial charge on any atom is -0.241 e. The predicted molar refractivity (Wildman–Crippen MR) is 93.6 cm³/mol. The highest BCUT2D eigenvalue weighted by Gasteiger charge is 2.13. The van der Waals surface area contributed by atoms with E-state index in [9.17, 15) is 8.42 Å². The van der Waals surface area contributed by atoms with E-state index in [0.29, 0.717) is 12.0 Å². The number of nitrogens with one attached hydrogen (secondary N) is 1. The zero-order valence-corrected chi connectivity index (χ0v) is 14.1. The lowest BCUT2D eigenvalue weighted by Crippen LogP contribution is -2.26. The molecule has 0 bridgehead atoms. The second kappa shape index (κ2) is 7.30. The van der Waals surface area contributed by atoms with Gasteiger partial charge in [-0.1, -0.05) is 18.2 Å². The van der Waals surface area contributed by atoms with Crippen molar-refractivity contribution in [3.63, 3.8) is 0 Å². The first-order chi connectivity index (χ1) is 12.1. The first kappa shape index (κ1) is 16.9. The summed E-state index contributed by atoms with van der Waals surface area (Å²) < 4.78 is 28.9. The molecule has 126 valence electrons. The fraction of sp³-hybridized carbons (Fsp3) is 0.111. The monoisotopic (exact) mass is 352 g/mol. The summed E-state index contributed by atoms with van der Waals surface area (Å²) >= 11 is 0. The van der Waals surface area contributed by atoms with Crippen LogP contribution in [0, 0.1) is 11.3 Å². The third kappa shape index (κ3) is 4.12. The molecule has 0 aliphatic rings. The summed E-state index contributed by atoms with van der Waals surface area (Å²) in [6, 6.07) is 17.5. The SMILES string of the molecule is N#Cc1cccc(S(=O)(=O)NCCc2ccc(-n3cccn3)cc2)c1. The smallest absolute Gasteiger partial charge is 0.240 e.